The Balaban J connectivity index is 1.27. The van der Waals surface area contributed by atoms with E-state index in [1.54, 1.807) is 0 Å². The minimum absolute atomic E-state index is 0.00604. The molecule has 4 nitrogen and oxygen atoms in total. The lowest BCUT2D eigenvalue weighted by molar-refractivity contribution is 0.0953. The topological polar surface area (TPSA) is 41.6 Å². The molecule has 0 bridgehead atoms. The molecule has 1 amide bonds. The fourth-order valence-electron chi connectivity index (χ4n) is 3.53. The highest BCUT2D eigenvalue weighted by molar-refractivity contribution is 5.94. The molecule has 0 saturated carbocycles. The van der Waals surface area contributed by atoms with Gasteiger partial charge in [-0.15, -0.1) is 0 Å². The Hall–Kier alpha value is -2.33. The molecule has 0 saturated heterocycles. The summed E-state index contributed by atoms with van der Waals surface area (Å²) in [5.74, 6) is 0.00604. The fraction of sp³-hybridized carbons (Fsp3) is 0.350. The summed E-state index contributed by atoms with van der Waals surface area (Å²) in [7, 11) is 0. The summed E-state index contributed by atoms with van der Waals surface area (Å²) in [5, 5.41) is 3.03. The minimum Gasteiger partial charge on any atom is -0.372 e. The van der Waals surface area contributed by atoms with E-state index < -0.39 is 0 Å². The molecule has 2 aromatic carbocycles. The van der Waals surface area contributed by atoms with Gasteiger partial charge in [0.15, 0.2) is 0 Å². The standard InChI is InChI=1S/C20H22N2O2/c23-20(16-6-7-17-13-24-14-18(17)12-16)21-9-3-10-22-11-8-15-4-1-2-5-19(15)22/h1-2,4-7,12H,3,8-11,13-14H2,(H,21,23). The average molecular weight is 322 g/mol. The number of nitrogens with zero attached hydrogens (tertiary/aromatic N) is 1. The molecule has 4 rings (SSSR count). The fourth-order valence-corrected chi connectivity index (χ4v) is 3.53. The maximum absolute atomic E-state index is 12.3. The Morgan fingerprint density at radius 2 is 1.96 bits per heavy atom. The van der Waals surface area contributed by atoms with Crippen molar-refractivity contribution in [1.29, 1.82) is 0 Å². The maximum Gasteiger partial charge on any atom is 0.251 e. The third-order valence-corrected chi connectivity index (χ3v) is 4.86. The van der Waals surface area contributed by atoms with Crippen molar-refractivity contribution in [2.24, 2.45) is 0 Å². The largest absolute Gasteiger partial charge is 0.372 e. The van der Waals surface area contributed by atoms with Gasteiger partial charge in [-0.2, -0.15) is 0 Å². The molecule has 0 unspecified atom stereocenters. The average Bonchev–Trinajstić information content (AvgIpc) is 3.24. The number of anilines is 1. The first kappa shape index (κ1) is 15.2. The Kier molecular flexibility index (Phi) is 4.22. The number of fused-ring (bicyclic) bond motifs is 2. The number of hydrogen-bond acceptors (Lipinski definition) is 3. The number of amides is 1. The van der Waals surface area contributed by atoms with Gasteiger partial charge in [0, 0.05) is 30.9 Å². The van der Waals surface area contributed by atoms with Crippen molar-refractivity contribution in [2.45, 2.75) is 26.1 Å². The van der Waals surface area contributed by atoms with Gasteiger partial charge >= 0.3 is 0 Å². The van der Waals surface area contributed by atoms with E-state index in [4.69, 9.17) is 4.74 Å². The zero-order valence-electron chi connectivity index (χ0n) is 13.8. The van der Waals surface area contributed by atoms with Crippen LogP contribution >= 0.6 is 0 Å². The molecule has 0 radical (unpaired) electrons. The molecule has 2 aliphatic rings. The van der Waals surface area contributed by atoms with E-state index in [2.05, 4.69) is 34.5 Å². The Morgan fingerprint density at radius 1 is 1.08 bits per heavy atom. The number of hydrogen-bond donors (Lipinski definition) is 1. The first-order chi connectivity index (χ1) is 11.8. The number of ether oxygens (including phenoxy) is 1. The highest BCUT2D eigenvalue weighted by atomic mass is 16.5. The van der Waals surface area contributed by atoms with Crippen LogP contribution in [0.1, 0.15) is 33.5 Å². The predicted octanol–water partition coefficient (Wildman–Crippen LogP) is 2.90. The van der Waals surface area contributed by atoms with E-state index in [0.717, 1.165) is 37.1 Å². The Bertz CT molecular complexity index is 757. The van der Waals surface area contributed by atoms with E-state index in [0.29, 0.717) is 19.8 Å². The van der Waals surface area contributed by atoms with Crippen LogP contribution in [0, 0.1) is 0 Å². The van der Waals surface area contributed by atoms with Crippen molar-refractivity contribution in [3.63, 3.8) is 0 Å². The van der Waals surface area contributed by atoms with Crippen LogP contribution in [0.3, 0.4) is 0 Å². The van der Waals surface area contributed by atoms with E-state index in [1.165, 1.54) is 16.8 Å². The molecule has 0 atom stereocenters. The lowest BCUT2D eigenvalue weighted by atomic mass is 10.1. The second-order valence-corrected chi connectivity index (χ2v) is 6.45. The Labute approximate surface area is 142 Å². The Morgan fingerprint density at radius 3 is 2.92 bits per heavy atom. The van der Waals surface area contributed by atoms with Crippen LogP contribution in [0.4, 0.5) is 5.69 Å². The molecule has 1 N–H and O–H groups in total. The number of nitrogens with one attached hydrogen (secondary N) is 1. The van der Waals surface area contributed by atoms with Gasteiger partial charge in [0.1, 0.15) is 0 Å². The highest BCUT2D eigenvalue weighted by Crippen LogP contribution is 2.27. The van der Waals surface area contributed by atoms with E-state index >= 15 is 0 Å². The number of rotatable bonds is 5. The van der Waals surface area contributed by atoms with E-state index in [1.807, 2.05) is 18.2 Å². The molecule has 4 heteroatoms. The van der Waals surface area contributed by atoms with E-state index in [-0.39, 0.29) is 5.91 Å². The van der Waals surface area contributed by atoms with Crippen LogP contribution in [0.5, 0.6) is 0 Å². The van der Waals surface area contributed by atoms with Crippen LogP contribution < -0.4 is 10.2 Å². The summed E-state index contributed by atoms with van der Waals surface area (Å²) in [6.07, 6.45) is 2.08. The van der Waals surface area contributed by atoms with Crippen molar-refractivity contribution in [2.75, 3.05) is 24.5 Å². The van der Waals surface area contributed by atoms with Crippen molar-refractivity contribution in [3.05, 3.63) is 64.7 Å². The van der Waals surface area contributed by atoms with Crippen LogP contribution in [-0.2, 0) is 24.4 Å². The van der Waals surface area contributed by atoms with Gasteiger partial charge < -0.3 is 15.0 Å². The van der Waals surface area contributed by atoms with E-state index in [9.17, 15) is 4.79 Å². The first-order valence-electron chi connectivity index (χ1n) is 8.62. The van der Waals surface area contributed by atoms with Gasteiger partial charge in [-0.25, -0.2) is 0 Å². The summed E-state index contributed by atoms with van der Waals surface area (Å²) in [6.45, 7) is 4.04. The quantitative estimate of drug-likeness (QED) is 0.861. The molecular formula is C20H22N2O2. The number of carbonyl (C=O) groups excluding carboxylic acids is 1. The second kappa shape index (κ2) is 6.65. The lowest BCUT2D eigenvalue weighted by Crippen LogP contribution is -2.29. The minimum atomic E-state index is 0.00604. The predicted molar refractivity (Wildman–Crippen MR) is 94.2 cm³/mol. The van der Waals surface area contributed by atoms with Gasteiger partial charge in [0.2, 0.25) is 0 Å². The number of para-hydroxylation sites is 1. The third kappa shape index (κ3) is 3.02. The first-order valence-corrected chi connectivity index (χ1v) is 8.62. The summed E-state index contributed by atoms with van der Waals surface area (Å²) >= 11 is 0. The molecule has 2 aliphatic heterocycles. The van der Waals surface area contributed by atoms with Crippen molar-refractivity contribution in [3.8, 4) is 0 Å². The molecule has 2 heterocycles. The number of benzene rings is 2. The van der Waals surface area contributed by atoms with Gasteiger partial charge in [-0.1, -0.05) is 24.3 Å². The zero-order chi connectivity index (χ0) is 16.4. The van der Waals surface area contributed by atoms with Gasteiger partial charge in [-0.05, 0) is 47.7 Å². The van der Waals surface area contributed by atoms with Crippen molar-refractivity contribution < 1.29 is 9.53 Å². The molecular weight excluding hydrogens is 300 g/mol. The normalized spacial score (nSPS) is 15.2. The van der Waals surface area contributed by atoms with Crippen LogP contribution in [0.15, 0.2) is 42.5 Å². The zero-order valence-corrected chi connectivity index (χ0v) is 13.8. The van der Waals surface area contributed by atoms with Crippen LogP contribution in [-0.4, -0.2) is 25.5 Å². The molecule has 2 aromatic rings. The molecule has 0 aliphatic carbocycles. The van der Waals surface area contributed by atoms with Crippen molar-refractivity contribution in [1.82, 2.24) is 5.32 Å². The van der Waals surface area contributed by atoms with Gasteiger partial charge in [-0.3, -0.25) is 4.79 Å². The van der Waals surface area contributed by atoms with Gasteiger partial charge in [0.05, 0.1) is 13.2 Å². The summed E-state index contributed by atoms with van der Waals surface area (Å²) in [4.78, 5) is 14.7. The number of carbonyl (C=O) groups is 1. The second-order valence-electron chi connectivity index (χ2n) is 6.45. The summed E-state index contributed by atoms with van der Waals surface area (Å²) < 4.78 is 5.40. The molecule has 24 heavy (non-hydrogen) atoms. The van der Waals surface area contributed by atoms with Crippen molar-refractivity contribution >= 4 is 11.6 Å². The molecule has 0 fully saturated rings. The highest BCUT2D eigenvalue weighted by Gasteiger charge is 2.18. The summed E-state index contributed by atoms with van der Waals surface area (Å²) in [5.41, 5.74) is 5.84. The maximum atomic E-state index is 12.3. The monoisotopic (exact) mass is 322 g/mol. The molecule has 0 spiro atoms. The molecule has 0 aromatic heterocycles. The third-order valence-electron chi connectivity index (χ3n) is 4.86. The van der Waals surface area contributed by atoms with Gasteiger partial charge in [0.25, 0.3) is 5.91 Å². The SMILES string of the molecule is O=C(NCCCN1CCc2ccccc21)c1ccc2c(c1)COC2. The van der Waals surface area contributed by atoms with Crippen LogP contribution in [0.25, 0.3) is 0 Å². The van der Waals surface area contributed by atoms with Crippen LogP contribution in [0.2, 0.25) is 0 Å². The summed E-state index contributed by atoms with van der Waals surface area (Å²) in [6, 6.07) is 14.4. The smallest absolute Gasteiger partial charge is 0.251 e. The molecule has 124 valence electrons. The lowest BCUT2D eigenvalue weighted by Gasteiger charge is -2.19.